The predicted octanol–water partition coefficient (Wildman–Crippen LogP) is 4.33. The van der Waals surface area contributed by atoms with Crippen LogP contribution in [-0.2, 0) is 9.84 Å². The zero-order valence-corrected chi connectivity index (χ0v) is 17.6. The van der Waals surface area contributed by atoms with Gasteiger partial charge in [-0.25, -0.2) is 13.4 Å². The van der Waals surface area contributed by atoms with Gasteiger partial charge >= 0.3 is 0 Å². The van der Waals surface area contributed by atoms with Crippen molar-refractivity contribution in [3.63, 3.8) is 0 Å². The fraction of sp³-hybridized carbons (Fsp3) is 0.353. The third-order valence-electron chi connectivity index (χ3n) is 5.29. The highest BCUT2D eigenvalue weighted by Crippen LogP contribution is 2.41. The lowest BCUT2D eigenvalue weighted by Gasteiger charge is -2.11. The number of H-pyrrole nitrogens is 1. The number of nitrogens with zero attached hydrogens (tertiary/aromatic N) is 4. The Bertz CT molecular complexity index is 1290. The van der Waals surface area contributed by atoms with Crippen molar-refractivity contribution in [3.8, 4) is 0 Å². The second-order valence-electron chi connectivity index (χ2n) is 7.07. The summed E-state index contributed by atoms with van der Waals surface area (Å²) < 4.78 is 28.2. The monoisotopic (exact) mass is 455 g/mol. The maximum Gasteiger partial charge on any atom is 0.181 e. The second kappa shape index (κ2) is 6.69. The number of halogens is 2. The largest absolute Gasteiger partial charge is 0.345 e. The van der Waals surface area contributed by atoms with Crippen molar-refractivity contribution in [2.24, 2.45) is 5.92 Å². The van der Waals surface area contributed by atoms with E-state index in [0.717, 1.165) is 47.6 Å². The lowest BCUT2D eigenvalue weighted by Crippen LogP contribution is -2.14. The Kier molecular flexibility index (Phi) is 4.38. The van der Waals surface area contributed by atoms with Crippen LogP contribution in [-0.4, -0.2) is 38.7 Å². The van der Waals surface area contributed by atoms with Gasteiger partial charge in [0.1, 0.15) is 10.2 Å². The second-order valence-corrected chi connectivity index (χ2v) is 11.4. The van der Waals surface area contributed by atoms with Crippen molar-refractivity contribution in [2.75, 3.05) is 5.75 Å². The van der Waals surface area contributed by atoms with E-state index in [4.69, 9.17) is 23.2 Å². The molecule has 28 heavy (non-hydrogen) atoms. The molecule has 1 saturated carbocycles. The normalized spacial score (nSPS) is 20.5. The number of aromatic amines is 1. The number of hydrogen-bond donors (Lipinski definition) is 1. The van der Waals surface area contributed by atoms with E-state index < -0.39 is 9.84 Å². The predicted molar refractivity (Wildman–Crippen MR) is 109 cm³/mol. The van der Waals surface area contributed by atoms with Crippen LogP contribution in [0.5, 0.6) is 0 Å². The molecular formula is C17H15Cl2N5O2S2. The van der Waals surface area contributed by atoms with E-state index in [2.05, 4.69) is 20.2 Å². The highest BCUT2D eigenvalue weighted by Gasteiger charge is 2.34. The van der Waals surface area contributed by atoms with Crippen LogP contribution in [0.2, 0.25) is 8.67 Å². The molecule has 11 heteroatoms. The molecule has 0 amide bonds. The van der Waals surface area contributed by atoms with Gasteiger partial charge in [-0.3, -0.25) is 4.40 Å². The molecule has 0 spiro atoms. The van der Waals surface area contributed by atoms with E-state index in [-0.39, 0.29) is 26.8 Å². The molecule has 0 unspecified atom stereocenters. The Morgan fingerprint density at radius 1 is 1.29 bits per heavy atom. The minimum atomic E-state index is -3.48. The summed E-state index contributed by atoms with van der Waals surface area (Å²) in [6.07, 6.45) is 5.95. The molecule has 1 aliphatic carbocycles. The van der Waals surface area contributed by atoms with E-state index in [0.29, 0.717) is 9.98 Å². The van der Waals surface area contributed by atoms with Crippen LogP contribution in [0.15, 0.2) is 29.4 Å². The molecule has 0 aliphatic heterocycles. The third kappa shape index (κ3) is 3.01. The lowest BCUT2D eigenvalue weighted by atomic mass is 10.1. The minimum absolute atomic E-state index is 0.0423. The van der Waals surface area contributed by atoms with Gasteiger partial charge in [0.25, 0.3) is 0 Å². The quantitative estimate of drug-likeness (QED) is 0.494. The number of sulfone groups is 1. The van der Waals surface area contributed by atoms with Crippen molar-refractivity contribution in [3.05, 3.63) is 39.0 Å². The summed E-state index contributed by atoms with van der Waals surface area (Å²) in [6, 6.07) is 3.39. The summed E-state index contributed by atoms with van der Waals surface area (Å²) in [4.78, 5) is 7.57. The van der Waals surface area contributed by atoms with Gasteiger partial charge in [-0.05, 0) is 37.3 Å². The Hall–Kier alpha value is -1.68. The van der Waals surface area contributed by atoms with Gasteiger partial charge in [0.15, 0.2) is 21.1 Å². The molecule has 0 aromatic carbocycles. The third-order valence-corrected chi connectivity index (χ3v) is 8.92. The highest BCUT2D eigenvalue weighted by atomic mass is 35.5. The molecule has 146 valence electrons. The molecule has 5 rings (SSSR count). The topological polar surface area (TPSA) is 93.0 Å². The molecule has 4 aromatic heterocycles. The lowest BCUT2D eigenvalue weighted by molar-refractivity contribution is 0.550. The maximum absolute atomic E-state index is 12.8. The summed E-state index contributed by atoms with van der Waals surface area (Å²) >= 11 is 13.1. The van der Waals surface area contributed by atoms with Gasteiger partial charge < -0.3 is 4.98 Å². The van der Waals surface area contributed by atoms with Gasteiger partial charge in [0.2, 0.25) is 0 Å². The Labute approximate surface area is 174 Å². The smallest absolute Gasteiger partial charge is 0.181 e. The van der Waals surface area contributed by atoms with Gasteiger partial charge in [-0.2, -0.15) is 0 Å². The van der Waals surface area contributed by atoms with Crippen molar-refractivity contribution in [1.29, 1.82) is 0 Å². The molecule has 1 N–H and O–H groups in total. The average Bonchev–Trinajstić information content (AvgIpc) is 3.38. The van der Waals surface area contributed by atoms with Crippen LogP contribution in [0.1, 0.15) is 31.0 Å². The molecule has 0 saturated heterocycles. The minimum Gasteiger partial charge on any atom is -0.345 e. The van der Waals surface area contributed by atoms with Crippen LogP contribution in [0, 0.1) is 5.92 Å². The molecule has 0 radical (unpaired) electrons. The molecule has 4 heterocycles. The zero-order valence-electron chi connectivity index (χ0n) is 14.5. The standard InChI is InChI=1S/C17H15Cl2N5O2S2/c18-13-6-12(15(19)27-13)28(25,26)8-9-1-2-10(5-9)17-23-22-14-7-21-16-11(24(14)17)3-4-20-16/h3-4,6-7,9-10,20H,1-2,5,8H2/t9-,10+/m0/s1. The van der Waals surface area contributed by atoms with Crippen LogP contribution < -0.4 is 0 Å². The number of fused-ring (bicyclic) bond motifs is 3. The average molecular weight is 456 g/mol. The first kappa shape index (κ1) is 18.4. The Morgan fingerprint density at radius 3 is 2.93 bits per heavy atom. The van der Waals surface area contributed by atoms with Gasteiger partial charge in [-0.1, -0.05) is 23.2 Å². The fourth-order valence-electron chi connectivity index (χ4n) is 4.06. The van der Waals surface area contributed by atoms with Crippen LogP contribution in [0.3, 0.4) is 0 Å². The van der Waals surface area contributed by atoms with Crippen LogP contribution >= 0.6 is 34.5 Å². The number of hydrogen-bond acceptors (Lipinski definition) is 6. The zero-order chi connectivity index (χ0) is 19.5. The SMILES string of the molecule is O=S(=O)(C[C@H]1CC[C@@H](c2nnc3cnc4[nH]ccc4n23)C1)c1cc(Cl)sc1Cl. The highest BCUT2D eigenvalue weighted by molar-refractivity contribution is 7.91. The van der Waals surface area contributed by atoms with Crippen molar-refractivity contribution in [1.82, 2.24) is 24.6 Å². The first-order chi connectivity index (χ1) is 13.4. The molecular weight excluding hydrogens is 441 g/mol. The Balaban J connectivity index is 1.41. The molecule has 1 fully saturated rings. The van der Waals surface area contributed by atoms with E-state index in [9.17, 15) is 8.42 Å². The number of nitrogens with one attached hydrogen (secondary N) is 1. The molecule has 7 nitrogen and oxygen atoms in total. The summed E-state index contributed by atoms with van der Waals surface area (Å²) in [6.45, 7) is 0. The Morgan fingerprint density at radius 2 is 2.14 bits per heavy atom. The molecule has 0 bridgehead atoms. The van der Waals surface area contributed by atoms with Gasteiger partial charge in [0, 0.05) is 12.1 Å². The van der Waals surface area contributed by atoms with Crippen LogP contribution in [0.4, 0.5) is 0 Å². The summed E-state index contributed by atoms with van der Waals surface area (Å²) in [5.74, 6) is 1.12. The van der Waals surface area contributed by atoms with Crippen molar-refractivity contribution in [2.45, 2.75) is 30.1 Å². The summed E-state index contributed by atoms with van der Waals surface area (Å²) in [7, 11) is -3.48. The van der Waals surface area contributed by atoms with Crippen molar-refractivity contribution < 1.29 is 8.42 Å². The summed E-state index contributed by atoms with van der Waals surface area (Å²) in [5, 5.41) is 8.63. The maximum atomic E-state index is 12.8. The van der Waals surface area contributed by atoms with Crippen LogP contribution in [0.25, 0.3) is 16.8 Å². The van der Waals surface area contributed by atoms with Gasteiger partial charge in [0.05, 0.1) is 26.7 Å². The van der Waals surface area contributed by atoms with E-state index in [1.165, 1.54) is 6.07 Å². The molecule has 1 aliphatic rings. The number of thiophene rings is 1. The van der Waals surface area contributed by atoms with E-state index >= 15 is 0 Å². The summed E-state index contributed by atoms with van der Waals surface area (Å²) in [5.41, 5.74) is 2.39. The van der Waals surface area contributed by atoms with E-state index in [1.807, 2.05) is 16.7 Å². The molecule has 4 aromatic rings. The number of aromatic nitrogens is 5. The fourth-order valence-corrected chi connectivity index (χ4v) is 7.97. The molecule has 2 atom stereocenters. The van der Waals surface area contributed by atoms with Crippen molar-refractivity contribution >= 4 is 61.2 Å². The first-order valence-electron chi connectivity index (χ1n) is 8.77. The first-order valence-corrected chi connectivity index (χ1v) is 12.0. The number of rotatable bonds is 4. The van der Waals surface area contributed by atoms with Gasteiger partial charge in [-0.15, -0.1) is 21.5 Å². The van der Waals surface area contributed by atoms with E-state index in [1.54, 1.807) is 6.20 Å².